The summed E-state index contributed by atoms with van der Waals surface area (Å²) in [5, 5.41) is 6.37. The van der Waals surface area contributed by atoms with Gasteiger partial charge >= 0.3 is 0 Å². The van der Waals surface area contributed by atoms with Gasteiger partial charge in [0.05, 0.1) is 6.10 Å². The third-order valence-corrected chi connectivity index (χ3v) is 6.98. The first-order chi connectivity index (χ1) is 13.6. The first-order valence-electron chi connectivity index (χ1n) is 11.5. The zero-order chi connectivity index (χ0) is 19.8. The molecule has 6 heteroatoms. The van der Waals surface area contributed by atoms with Crippen molar-refractivity contribution in [3.63, 3.8) is 0 Å². The van der Waals surface area contributed by atoms with Gasteiger partial charge in [0.1, 0.15) is 6.04 Å². The summed E-state index contributed by atoms with van der Waals surface area (Å²) in [4.78, 5) is 24.7. The van der Waals surface area contributed by atoms with E-state index in [2.05, 4.69) is 10.6 Å². The number of nitrogens with two attached hydrogens (primary N) is 1. The summed E-state index contributed by atoms with van der Waals surface area (Å²) in [6.07, 6.45) is 13.0. The Labute approximate surface area is 169 Å². The van der Waals surface area contributed by atoms with Gasteiger partial charge in [0, 0.05) is 12.5 Å². The van der Waals surface area contributed by atoms with Crippen LogP contribution in [0.3, 0.4) is 0 Å². The number of hydrogen-bond donors (Lipinski definition) is 3. The minimum atomic E-state index is -0.522. The molecule has 4 N–H and O–H groups in total. The van der Waals surface area contributed by atoms with Crippen molar-refractivity contribution < 1.29 is 14.3 Å². The third kappa shape index (κ3) is 6.73. The fourth-order valence-electron chi connectivity index (χ4n) is 5.15. The lowest BCUT2D eigenvalue weighted by Crippen LogP contribution is -2.48. The molecule has 6 nitrogen and oxygen atoms in total. The molecule has 0 radical (unpaired) electrons. The maximum atomic E-state index is 12.8. The Balaban J connectivity index is 1.44. The first kappa shape index (κ1) is 21.6. The maximum Gasteiger partial charge on any atom is 0.240 e. The van der Waals surface area contributed by atoms with Crippen LogP contribution in [0.1, 0.15) is 77.0 Å². The molecular formula is C22H39N3O3. The van der Waals surface area contributed by atoms with Crippen molar-refractivity contribution in [1.29, 1.82) is 0 Å². The van der Waals surface area contributed by atoms with Crippen molar-refractivity contribution in [1.82, 2.24) is 10.6 Å². The van der Waals surface area contributed by atoms with E-state index in [1.165, 1.54) is 32.1 Å². The molecule has 0 aromatic heterocycles. The van der Waals surface area contributed by atoms with Crippen molar-refractivity contribution >= 4 is 11.8 Å². The van der Waals surface area contributed by atoms with Crippen molar-refractivity contribution in [2.45, 2.75) is 89.2 Å². The number of amides is 2. The Kier molecular flexibility index (Phi) is 8.59. The standard InChI is InChI=1S/C22H39N3O3/c23-21(26)20(13-16-5-2-1-3-6-16)25-22(27)18-7-4-8-19(14-18)28-15-17-9-11-24-12-10-17/h16-20,24H,1-15H2,(H2,23,26)(H,25,27). The van der Waals surface area contributed by atoms with Gasteiger partial charge in [0.15, 0.2) is 0 Å². The van der Waals surface area contributed by atoms with E-state index in [4.69, 9.17) is 10.5 Å². The number of nitrogens with one attached hydrogen (secondary N) is 2. The zero-order valence-electron chi connectivity index (χ0n) is 17.3. The number of piperidine rings is 1. The molecule has 28 heavy (non-hydrogen) atoms. The summed E-state index contributed by atoms with van der Waals surface area (Å²) in [6.45, 7) is 2.98. The summed E-state index contributed by atoms with van der Waals surface area (Å²) in [7, 11) is 0. The van der Waals surface area contributed by atoms with Crippen molar-refractivity contribution in [3.8, 4) is 0 Å². The molecule has 1 saturated heterocycles. The van der Waals surface area contributed by atoms with Gasteiger partial charge in [-0.05, 0) is 63.5 Å². The summed E-state index contributed by atoms with van der Waals surface area (Å²) >= 11 is 0. The maximum absolute atomic E-state index is 12.8. The normalized spacial score (nSPS) is 28.6. The molecule has 3 unspecified atom stereocenters. The van der Waals surface area contributed by atoms with E-state index in [1.54, 1.807) is 0 Å². The number of ether oxygens (including phenoxy) is 1. The van der Waals surface area contributed by atoms with Crippen LogP contribution < -0.4 is 16.4 Å². The van der Waals surface area contributed by atoms with E-state index >= 15 is 0 Å². The second-order valence-electron chi connectivity index (χ2n) is 9.22. The van der Waals surface area contributed by atoms with E-state index in [-0.39, 0.29) is 17.9 Å². The molecule has 1 aliphatic heterocycles. The average molecular weight is 394 g/mol. The third-order valence-electron chi connectivity index (χ3n) is 6.98. The molecule has 2 saturated carbocycles. The second kappa shape index (κ2) is 11.1. The van der Waals surface area contributed by atoms with Gasteiger partial charge < -0.3 is 21.1 Å². The van der Waals surface area contributed by atoms with Crippen LogP contribution in [0.15, 0.2) is 0 Å². The lowest BCUT2D eigenvalue weighted by Gasteiger charge is -2.32. The van der Waals surface area contributed by atoms with Gasteiger partial charge in [0.25, 0.3) is 0 Å². The molecule has 160 valence electrons. The smallest absolute Gasteiger partial charge is 0.240 e. The van der Waals surface area contributed by atoms with Gasteiger partial charge in [-0.25, -0.2) is 0 Å². The van der Waals surface area contributed by atoms with Crippen molar-refractivity contribution in [2.24, 2.45) is 23.5 Å². The predicted octanol–water partition coefficient (Wildman–Crippen LogP) is 2.50. The van der Waals surface area contributed by atoms with Crippen molar-refractivity contribution in [2.75, 3.05) is 19.7 Å². The van der Waals surface area contributed by atoms with E-state index in [1.807, 2.05) is 0 Å². The van der Waals surface area contributed by atoms with Crippen LogP contribution in [0.4, 0.5) is 0 Å². The number of hydrogen-bond acceptors (Lipinski definition) is 4. The number of carbonyl (C=O) groups is 2. The van der Waals surface area contributed by atoms with Crippen LogP contribution in [0, 0.1) is 17.8 Å². The van der Waals surface area contributed by atoms with Gasteiger partial charge in [-0.15, -0.1) is 0 Å². The Morgan fingerprint density at radius 1 is 0.964 bits per heavy atom. The van der Waals surface area contributed by atoms with Gasteiger partial charge in [0.2, 0.25) is 11.8 Å². The molecule has 3 fully saturated rings. The number of primary amides is 1. The lowest BCUT2D eigenvalue weighted by atomic mass is 9.83. The Hall–Kier alpha value is -1.14. The van der Waals surface area contributed by atoms with Crippen molar-refractivity contribution in [3.05, 3.63) is 0 Å². The van der Waals surface area contributed by atoms with E-state index in [9.17, 15) is 9.59 Å². The first-order valence-corrected chi connectivity index (χ1v) is 11.5. The molecule has 0 bridgehead atoms. The minimum absolute atomic E-state index is 0.00484. The monoisotopic (exact) mass is 393 g/mol. The summed E-state index contributed by atoms with van der Waals surface area (Å²) in [6, 6.07) is -0.522. The molecule has 2 aliphatic carbocycles. The molecule has 1 heterocycles. The van der Waals surface area contributed by atoms with Crippen LogP contribution in [0.2, 0.25) is 0 Å². The van der Waals surface area contributed by atoms with Crippen LogP contribution in [-0.4, -0.2) is 43.7 Å². The minimum Gasteiger partial charge on any atom is -0.378 e. The van der Waals surface area contributed by atoms with Crippen LogP contribution >= 0.6 is 0 Å². The quantitative estimate of drug-likeness (QED) is 0.591. The summed E-state index contributed by atoms with van der Waals surface area (Å²) < 4.78 is 6.18. The van der Waals surface area contributed by atoms with Crippen LogP contribution in [0.5, 0.6) is 0 Å². The molecule has 0 spiro atoms. The highest BCUT2D eigenvalue weighted by atomic mass is 16.5. The van der Waals surface area contributed by atoms with Crippen LogP contribution in [0.25, 0.3) is 0 Å². The Morgan fingerprint density at radius 2 is 1.71 bits per heavy atom. The second-order valence-corrected chi connectivity index (χ2v) is 9.22. The van der Waals surface area contributed by atoms with Gasteiger partial charge in [-0.2, -0.15) is 0 Å². The molecular weight excluding hydrogens is 354 g/mol. The van der Waals surface area contributed by atoms with E-state index in [0.29, 0.717) is 18.3 Å². The fraction of sp³-hybridized carbons (Fsp3) is 0.909. The molecule has 0 aromatic carbocycles. The predicted molar refractivity (Wildman–Crippen MR) is 110 cm³/mol. The zero-order valence-corrected chi connectivity index (χ0v) is 17.3. The fourth-order valence-corrected chi connectivity index (χ4v) is 5.15. The van der Waals surface area contributed by atoms with Gasteiger partial charge in [-0.3, -0.25) is 9.59 Å². The average Bonchev–Trinajstić information content (AvgIpc) is 2.73. The highest BCUT2D eigenvalue weighted by molar-refractivity contribution is 5.87. The summed E-state index contributed by atoms with van der Waals surface area (Å²) in [5.74, 6) is 0.701. The Morgan fingerprint density at radius 3 is 2.43 bits per heavy atom. The van der Waals surface area contributed by atoms with Gasteiger partial charge in [-0.1, -0.05) is 38.5 Å². The molecule has 0 aromatic rings. The Bertz CT molecular complexity index is 501. The molecule has 3 aliphatic rings. The largest absolute Gasteiger partial charge is 0.378 e. The number of carbonyl (C=O) groups excluding carboxylic acids is 2. The van der Waals surface area contributed by atoms with E-state index in [0.717, 1.165) is 58.2 Å². The molecule has 2 amide bonds. The highest BCUT2D eigenvalue weighted by Gasteiger charge is 2.31. The number of rotatable bonds is 8. The SMILES string of the molecule is NC(=O)C(CC1CCCCC1)NC(=O)C1CCCC(OCC2CCNCC2)C1. The topological polar surface area (TPSA) is 93.5 Å². The lowest BCUT2D eigenvalue weighted by molar-refractivity contribution is -0.132. The molecule has 3 rings (SSSR count). The highest BCUT2D eigenvalue weighted by Crippen LogP contribution is 2.29. The molecule has 3 atom stereocenters. The van der Waals surface area contributed by atoms with Crippen LogP contribution in [-0.2, 0) is 14.3 Å². The summed E-state index contributed by atoms with van der Waals surface area (Å²) in [5.41, 5.74) is 5.61. The van der Waals surface area contributed by atoms with E-state index < -0.39 is 11.9 Å².